The van der Waals surface area contributed by atoms with Crippen molar-refractivity contribution in [3.05, 3.63) is 18.7 Å². The minimum absolute atomic E-state index is 0.00415. The lowest BCUT2D eigenvalue weighted by molar-refractivity contribution is -0.147. The second-order valence-corrected chi connectivity index (χ2v) is 4.80. The van der Waals surface area contributed by atoms with Crippen molar-refractivity contribution < 1.29 is 9.53 Å². The number of nitrogens with zero attached hydrogens (tertiary/aromatic N) is 2. The van der Waals surface area contributed by atoms with Crippen molar-refractivity contribution in [1.82, 2.24) is 9.55 Å². The van der Waals surface area contributed by atoms with Crippen LogP contribution >= 0.6 is 0 Å². The van der Waals surface area contributed by atoms with Crippen LogP contribution in [0.2, 0.25) is 0 Å². The van der Waals surface area contributed by atoms with E-state index in [1.165, 1.54) is 12.8 Å². The molecule has 0 saturated heterocycles. The third-order valence-electron chi connectivity index (χ3n) is 2.67. The van der Waals surface area contributed by atoms with Gasteiger partial charge >= 0.3 is 5.97 Å². The third kappa shape index (κ3) is 7.09. The Labute approximate surface area is 109 Å². The van der Waals surface area contributed by atoms with Gasteiger partial charge < -0.3 is 9.30 Å². The number of esters is 1. The fourth-order valence-electron chi connectivity index (χ4n) is 1.79. The SMILES string of the molecule is CC(C)OC(=O)CCCCCCCn1c[c]nc1. The summed E-state index contributed by atoms with van der Waals surface area (Å²) in [6.45, 7) is 4.77. The zero-order valence-corrected chi connectivity index (χ0v) is 11.4. The molecule has 0 amide bonds. The molecule has 0 spiro atoms. The van der Waals surface area contributed by atoms with E-state index < -0.39 is 0 Å². The van der Waals surface area contributed by atoms with Gasteiger partial charge in [0.1, 0.15) is 6.20 Å². The van der Waals surface area contributed by atoms with Crippen LogP contribution in [0.25, 0.3) is 0 Å². The maximum Gasteiger partial charge on any atom is 0.306 e. The topological polar surface area (TPSA) is 44.1 Å². The first-order valence-electron chi connectivity index (χ1n) is 6.76. The maximum atomic E-state index is 11.3. The van der Waals surface area contributed by atoms with Crippen molar-refractivity contribution in [2.45, 2.75) is 65.0 Å². The van der Waals surface area contributed by atoms with Crippen LogP contribution in [0, 0.1) is 6.20 Å². The molecule has 0 atom stereocenters. The molecule has 0 bridgehead atoms. The van der Waals surface area contributed by atoms with Gasteiger partial charge in [0, 0.05) is 19.2 Å². The highest BCUT2D eigenvalue weighted by molar-refractivity contribution is 5.69. The molecule has 0 aliphatic heterocycles. The smallest absolute Gasteiger partial charge is 0.306 e. The van der Waals surface area contributed by atoms with Gasteiger partial charge in [-0.3, -0.25) is 4.79 Å². The van der Waals surface area contributed by atoms with Gasteiger partial charge in [0.25, 0.3) is 0 Å². The van der Waals surface area contributed by atoms with Crippen LogP contribution in [0.3, 0.4) is 0 Å². The van der Waals surface area contributed by atoms with Crippen LogP contribution in [0.1, 0.15) is 52.4 Å². The van der Waals surface area contributed by atoms with E-state index in [-0.39, 0.29) is 12.1 Å². The van der Waals surface area contributed by atoms with Gasteiger partial charge in [0.2, 0.25) is 0 Å². The fraction of sp³-hybridized carbons (Fsp3) is 0.714. The molecular formula is C14H23N2O2. The summed E-state index contributed by atoms with van der Waals surface area (Å²) < 4.78 is 7.12. The van der Waals surface area contributed by atoms with E-state index >= 15 is 0 Å². The Morgan fingerprint density at radius 3 is 2.67 bits per heavy atom. The van der Waals surface area contributed by atoms with E-state index in [9.17, 15) is 4.79 Å². The third-order valence-corrected chi connectivity index (χ3v) is 2.67. The maximum absolute atomic E-state index is 11.3. The van der Waals surface area contributed by atoms with Crippen molar-refractivity contribution in [3.8, 4) is 0 Å². The first kappa shape index (κ1) is 14.7. The molecule has 1 heterocycles. The first-order chi connectivity index (χ1) is 8.68. The molecule has 0 saturated carbocycles. The summed E-state index contributed by atoms with van der Waals surface area (Å²) in [6, 6.07) is 0. The van der Waals surface area contributed by atoms with Crippen molar-refractivity contribution >= 4 is 5.97 Å². The molecule has 101 valence electrons. The molecule has 0 fully saturated rings. The second-order valence-electron chi connectivity index (χ2n) is 4.80. The van der Waals surface area contributed by atoms with Gasteiger partial charge in [-0.05, 0) is 26.7 Å². The molecule has 1 aromatic rings. The summed E-state index contributed by atoms with van der Waals surface area (Å²) in [4.78, 5) is 15.1. The minimum Gasteiger partial charge on any atom is -0.463 e. The molecule has 1 rings (SSSR count). The molecule has 1 radical (unpaired) electrons. The van der Waals surface area contributed by atoms with E-state index in [0.29, 0.717) is 6.42 Å². The van der Waals surface area contributed by atoms with Crippen LogP contribution in [-0.2, 0) is 16.1 Å². The average Bonchev–Trinajstić information content (AvgIpc) is 2.79. The molecule has 4 nitrogen and oxygen atoms in total. The van der Waals surface area contributed by atoms with Crippen molar-refractivity contribution in [1.29, 1.82) is 0 Å². The van der Waals surface area contributed by atoms with Crippen molar-refractivity contribution in [2.75, 3.05) is 0 Å². The van der Waals surface area contributed by atoms with Crippen LogP contribution in [0.15, 0.2) is 12.5 Å². The highest BCUT2D eigenvalue weighted by atomic mass is 16.5. The highest BCUT2D eigenvalue weighted by Crippen LogP contribution is 2.07. The lowest BCUT2D eigenvalue weighted by atomic mass is 10.1. The first-order valence-corrected chi connectivity index (χ1v) is 6.76. The number of aromatic nitrogens is 2. The Morgan fingerprint density at radius 1 is 1.28 bits per heavy atom. The predicted octanol–water partition coefficient (Wildman–Crippen LogP) is 2.98. The van der Waals surface area contributed by atoms with Crippen molar-refractivity contribution in [2.24, 2.45) is 0 Å². The van der Waals surface area contributed by atoms with E-state index in [2.05, 4.69) is 11.2 Å². The molecule has 0 aliphatic carbocycles. The lowest BCUT2D eigenvalue weighted by Crippen LogP contribution is -2.10. The van der Waals surface area contributed by atoms with Gasteiger partial charge in [-0.25, -0.2) is 4.98 Å². The standard InChI is InChI=1S/C14H23N2O2/c1-13(2)18-14(17)8-6-4-3-5-7-10-16-11-9-15-12-16/h11-13H,3-8,10H2,1-2H3. The highest BCUT2D eigenvalue weighted by Gasteiger charge is 2.04. The second kappa shape index (κ2) is 8.72. The van der Waals surface area contributed by atoms with Gasteiger partial charge in [-0.15, -0.1) is 0 Å². The lowest BCUT2D eigenvalue weighted by Gasteiger charge is -2.07. The number of carbonyl (C=O) groups excluding carboxylic acids is 1. The molecule has 4 heteroatoms. The zero-order valence-electron chi connectivity index (χ0n) is 11.4. The molecular weight excluding hydrogens is 228 g/mol. The monoisotopic (exact) mass is 251 g/mol. The molecule has 0 aliphatic rings. The number of unbranched alkanes of at least 4 members (excludes halogenated alkanes) is 4. The van der Waals surface area contributed by atoms with Crippen molar-refractivity contribution in [3.63, 3.8) is 0 Å². The quantitative estimate of drug-likeness (QED) is 0.500. The molecule has 0 N–H and O–H groups in total. The van der Waals surface area contributed by atoms with E-state index in [0.717, 1.165) is 25.8 Å². The summed E-state index contributed by atoms with van der Waals surface area (Å²) in [5.41, 5.74) is 0. The Hall–Kier alpha value is -1.32. The number of carbonyl (C=O) groups is 1. The predicted molar refractivity (Wildman–Crippen MR) is 70.0 cm³/mol. The minimum atomic E-state index is -0.0704. The Kier molecular flexibility index (Phi) is 7.14. The molecule has 1 aromatic heterocycles. The van der Waals surface area contributed by atoms with Crippen LogP contribution in [0.5, 0.6) is 0 Å². The number of ether oxygens (including phenoxy) is 1. The Morgan fingerprint density at radius 2 is 2.00 bits per heavy atom. The molecule has 18 heavy (non-hydrogen) atoms. The van der Waals surface area contributed by atoms with Crippen LogP contribution in [-0.4, -0.2) is 21.6 Å². The number of aryl methyl sites for hydroxylation is 1. The Bertz CT molecular complexity index is 321. The van der Waals surface area contributed by atoms with Crippen LogP contribution < -0.4 is 0 Å². The number of hydrogen-bond donors (Lipinski definition) is 0. The summed E-state index contributed by atoms with van der Waals surface area (Å²) >= 11 is 0. The zero-order chi connectivity index (χ0) is 13.2. The number of rotatable bonds is 9. The summed E-state index contributed by atoms with van der Waals surface area (Å²) in [5.74, 6) is -0.0704. The fourth-order valence-corrected chi connectivity index (χ4v) is 1.79. The van der Waals surface area contributed by atoms with E-state index in [1.807, 2.05) is 24.6 Å². The van der Waals surface area contributed by atoms with Crippen LogP contribution in [0.4, 0.5) is 0 Å². The van der Waals surface area contributed by atoms with E-state index in [4.69, 9.17) is 4.74 Å². The summed E-state index contributed by atoms with van der Waals surface area (Å²) in [6.07, 6.45) is 12.5. The molecule has 0 unspecified atom stereocenters. The van der Waals surface area contributed by atoms with Gasteiger partial charge in [0.05, 0.1) is 12.4 Å². The molecule has 0 aromatic carbocycles. The summed E-state index contributed by atoms with van der Waals surface area (Å²) in [5, 5.41) is 0. The average molecular weight is 251 g/mol. The van der Waals surface area contributed by atoms with Gasteiger partial charge in [-0.2, -0.15) is 0 Å². The summed E-state index contributed by atoms with van der Waals surface area (Å²) in [7, 11) is 0. The normalized spacial score (nSPS) is 10.8. The van der Waals surface area contributed by atoms with E-state index in [1.54, 1.807) is 6.33 Å². The van der Waals surface area contributed by atoms with Gasteiger partial charge in [-0.1, -0.05) is 19.3 Å². The number of hydrogen-bond acceptors (Lipinski definition) is 3. The largest absolute Gasteiger partial charge is 0.463 e. The number of imidazole rings is 1. The Balaban J connectivity index is 1.88. The van der Waals surface area contributed by atoms with Gasteiger partial charge in [0.15, 0.2) is 0 Å².